The number of nitrogens with one attached hydrogen (secondary N) is 3. The summed E-state index contributed by atoms with van der Waals surface area (Å²) in [5, 5.41) is 28.6. The lowest BCUT2D eigenvalue weighted by Crippen LogP contribution is -2.34. The van der Waals surface area contributed by atoms with Gasteiger partial charge in [-0.2, -0.15) is 0 Å². The van der Waals surface area contributed by atoms with Crippen LogP contribution in [-0.2, 0) is 28.8 Å². The molecule has 1 heterocycles. The van der Waals surface area contributed by atoms with E-state index in [1.165, 1.54) is 11.3 Å². The molecular formula is C33H45N7O4S. The number of rotatable bonds is 15. The first-order valence-electron chi connectivity index (χ1n) is 15.0. The lowest BCUT2D eigenvalue weighted by Gasteiger charge is -2.22. The molecule has 11 nitrogen and oxygen atoms in total. The maximum absolute atomic E-state index is 12.2. The Morgan fingerprint density at radius 1 is 1.00 bits per heavy atom. The average Bonchev–Trinajstić information content (AvgIpc) is 3.40. The minimum absolute atomic E-state index is 0.121. The van der Waals surface area contributed by atoms with Crippen LogP contribution in [0.1, 0.15) is 74.7 Å². The second-order valence-electron chi connectivity index (χ2n) is 11.8. The quantitative estimate of drug-likeness (QED) is 0.0777. The molecule has 0 bridgehead atoms. The third-order valence-electron chi connectivity index (χ3n) is 6.45. The number of allylic oxidation sites excluding steroid dienone is 3. The number of carbonyl (C=O) groups excluding carboxylic acids is 2. The molecule has 3 aromatic rings. The summed E-state index contributed by atoms with van der Waals surface area (Å²) in [7, 11) is 0. The Hall–Kier alpha value is -4.42. The average molecular weight is 636 g/mol. The molecule has 2 atom stereocenters. The fourth-order valence-corrected chi connectivity index (χ4v) is 5.10. The van der Waals surface area contributed by atoms with Gasteiger partial charge in [-0.25, -0.2) is 4.79 Å². The largest absolute Gasteiger partial charge is 0.444 e. The highest BCUT2D eigenvalue weighted by Crippen LogP contribution is 2.19. The first kappa shape index (κ1) is 35.1. The monoisotopic (exact) mass is 635 g/mol. The molecule has 0 aliphatic carbocycles. The maximum Gasteiger partial charge on any atom is 0.408 e. The van der Waals surface area contributed by atoms with Crippen LogP contribution in [0, 0.1) is 0 Å². The Bertz CT molecular complexity index is 1450. The molecule has 0 saturated carbocycles. The highest BCUT2D eigenvalue weighted by Gasteiger charge is 2.18. The van der Waals surface area contributed by atoms with Gasteiger partial charge in [0.15, 0.2) is 0 Å². The molecule has 2 aromatic carbocycles. The van der Waals surface area contributed by atoms with Crippen LogP contribution in [0.5, 0.6) is 0 Å². The third kappa shape index (κ3) is 13.8. The number of hydrogen-bond donors (Lipinski definition) is 6. The predicted octanol–water partition coefficient (Wildman–Crippen LogP) is 4.81. The number of unbranched alkanes of at least 4 members (excludes halogenated alkanes) is 1. The van der Waals surface area contributed by atoms with Gasteiger partial charge in [0, 0.05) is 18.5 Å². The summed E-state index contributed by atoms with van der Waals surface area (Å²) in [4.78, 5) is 24.3. The molecule has 0 aliphatic rings. The third-order valence-corrected chi connectivity index (χ3v) is 7.35. The zero-order valence-electron chi connectivity index (χ0n) is 26.4. The van der Waals surface area contributed by atoms with Crippen molar-refractivity contribution in [2.75, 3.05) is 5.32 Å². The number of amides is 2. The van der Waals surface area contributed by atoms with E-state index in [1.54, 1.807) is 12.2 Å². The first-order chi connectivity index (χ1) is 21.4. The van der Waals surface area contributed by atoms with Gasteiger partial charge in [-0.3, -0.25) is 4.79 Å². The number of anilines is 1. The van der Waals surface area contributed by atoms with E-state index in [-0.39, 0.29) is 17.8 Å². The summed E-state index contributed by atoms with van der Waals surface area (Å²) in [6.07, 6.45) is 5.68. The van der Waals surface area contributed by atoms with Gasteiger partial charge in [0.05, 0.1) is 18.3 Å². The molecule has 0 aliphatic heterocycles. The van der Waals surface area contributed by atoms with Gasteiger partial charge in [-0.15, -0.1) is 10.2 Å². The lowest BCUT2D eigenvalue weighted by molar-refractivity contribution is -0.115. The first-order valence-corrected chi connectivity index (χ1v) is 15.8. The van der Waals surface area contributed by atoms with Crippen molar-refractivity contribution in [3.63, 3.8) is 0 Å². The van der Waals surface area contributed by atoms with Crippen LogP contribution in [-0.4, -0.2) is 39.1 Å². The number of carbonyl (C=O) groups is 2. The van der Waals surface area contributed by atoms with Gasteiger partial charge in [0.2, 0.25) is 11.0 Å². The number of nitrogens with zero attached hydrogens (tertiary/aromatic N) is 2. The highest BCUT2D eigenvalue weighted by atomic mass is 32.1. The van der Waals surface area contributed by atoms with E-state index in [0.717, 1.165) is 41.0 Å². The lowest BCUT2D eigenvalue weighted by atomic mass is 10.0. The van der Waals surface area contributed by atoms with Crippen molar-refractivity contribution in [1.29, 1.82) is 0 Å². The van der Waals surface area contributed by atoms with Gasteiger partial charge in [0.25, 0.3) is 0 Å². The van der Waals surface area contributed by atoms with Crippen molar-refractivity contribution >= 4 is 28.5 Å². The van der Waals surface area contributed by atoms with Gasteiger partial charge < -0.3 is 37.3 Å². The molecule has 0 spiro atoms. The van der Waals surface area contributed by atoms with Gasteiger partial charge in [-0.05, 0) is 75.8 Å². The van der Waals surface area contributed by atoms with Crippen molar-refractivity contribution < 1.29 is 19.4 Å². The minimum atomic E-state index is -0.917. The summed E-state index contributed by atoms with van der Waals surface area (Å²) in [5.74, 6) is 0.168. The number of alkyl carbamates (subject to hydrolysis) is 1. The van der Waals surface area contributed by atoms with Crippen LogP contribution in [0.25, 0.3) is 0 Å². The Kier molecular flexibility index (Phi) is 13.4. The standard InChI is InChI=1S/C33H45N7O4S/c1-22(36-32(43)44-33(2,3)4)25-14-10-13-24(19-25)21-28(41)37-27(35)18-17-26(34)15-8-9-16-30-39-40-31(45-30)38-29(42)20-23-11-6-5-7-12-23/h5-7,10-14,17-19,22,28,37,41H,8-9,15-16,20-21,34-35H2,1-4H3,(H,36,43)(H,38,40,42)/b26-17-,27-18+. The van der Waals surface area contributed by atoms with Crippen molar-refractivity contribution in [2.24, 2.45) is 11.5 Å². The number of aliphatic hydroxyl groups excluding tert-OH is 1. The Morgan fingerprint density at radius 2 is 1.73 bits per heavy atom. The molecule has 12 heteroatoms. The molecule has 2 unspecified atom stereocenters. The maximum atomic E-state index is 12.2. The number of aliphatic hydroxyl groups is 1. The number of benzene rings is 2. The Balaban J connectivity index is 1.37. The van der Waals surface area contributed by atoms with Gasteiger partial charge in [-0.1, -0.05) is 65.9 Å². The molecule has 45 heavy (non-hydrogen) atoms. The van der Waals surface area contributed by atoms with Crippen molar-refractivity contribution in [1.82, 2.24) is 20.8 Å². The van der Waals surface area contributed by atoms with Crippen molar-refractivity contribution in [2.45, 2.75) is 84.1 Å². The molecule has 2 amide bonds. The van der Waals surface area contributed by atoms with E-state index >= 15 is 0 Å². The molecule has 0 saturated heterocycles. The molecule has 1 aromatic heterocycles. The Labute approximate surface area is 269 Å². The minimum Gasteiger partial charge on any atom is -0.444 e. The van der Waals surface area contributed by atoms with Crippen LogP contribution in [0.15, 0.2) is 78.3 Å². The van der Waals surface area contributed by atoms with Crippen LogP contribution >= 0.6 is 11.3 Å². The highest BCUT2D eigenvalue weighted by molar-refractivity contribution is 7.15. The smallest absolute Gasteiger partial charge is 0.408 e. The Morgan fingerprint density at radius 3 is 2.47 bits per heavy atom. The van der Waals surface area contributed by atoms with E-state index in [2.05, 4.69) is 26.1 Å². The van der Waals surface area contributed by atoms with Crippen LogP contribution < -0.4 is 27.4 Å². The number of hydrogen-bond acceptors (Lipinski definition) is 10. The van der Waals surface area contributed by atoms with Crippen LogP contribution in [0.2, 0.25) is 0 Å². The fraction of sp³-hybridized carbons (Fsp3) is 0.394. The zero-order chi connectivity index (χ0) is 32.8. The second kappa shape index (κ2) is 17.2. The topological polar surface area (TPSA) is 178 Å². The van der Waals surface area contributed by atoms with E-state index < -0.39 is 17.9 Å². The number of nitrogens with two attached hydrogens (primary N) is 2. The normalized spacial score (nSPS) is 13.5. The fourth-order valence-electron chi connectivity index (χ4n) is 4.31. The van der Waals surface area contributed by atoms with E-state index in [4.69, 9.17) is 16.2 Å². The van der Waals surface area contributed by atoms with Gasteiger partial charge in [0.1, 0.15) is 16.8 Å². The van der Waals surface area contributed by atoms with Crippen molar-refractivity contribution in [3.05, 3.63) is 100.0 Å². The SMILES string of the molecule is CC(NC(=O)OC(C)(C)C)c1cccc(CC(O)N/C(N)=C/C=C(\N)CCCCc2nnc(NC(=O)Cc3ccccc3)s2)c1. The number of aryl methyl sites for hydroxylation is 1. The van der Waals surface area contributed by atoms with E-state index in [9.17, 15) is 14.7 Å². The van der Waals surface area contributed by atoms with Crippen molar-refractivity contribution in [3.8, 4) is 0 Å². The molecule has 3 rings (SSSR count). The summed E-state index contributed by atoms with van der Waals surface area (Å²) < 4.78 is 5.33. The number of ether oxygens (including phenoxy) is 1. The molecule has 8 N–H and O–H groups in total. The molecule has 0 fully saturated rings. The zero-order valence-corrected chi connectivity index (χ0v) is 27.2. The van der Waals surface area contributed by atoms with Crippen LogP contribution in [0.3, 0.4) is 0 Å². The second-order valence-corrected chi connectivity index (χ2v) is 12.8. The molecule has 242 valence electrons. The van der Waals surface area contributed by atoms with Crippen LogP contribution in [0.4, 0.5) is 9.93 Å². The van der Waals surface area contributed by atoms with Gasteiger partial charge >= 0.3 is 6.09 Å². The van der Waals surface area contributed by atoms with E-state index in [1.807, 2.05) is 82.3 Å². The number of aromatic nitrogens is 2. The summed E-state index contributed by atoms with van der Waals surface area (Å²) >= 11 is 1.38. The molecular weight excluding hydrogens is 590 g/mol. The summed E-state index contributed by atoms with van der Waals surface area (Å²) in [5.41, 5.74) is 15.0. The molecule has 0 radical (unpaired) electrons. The van der Waals surface area contributed by atoms with E-state index in [0.29, 0.717) is 30.1 Å². The predicted molar refractivity (Wildman–Crippen MR) is 178 cm³/mol. The summed E-state index contributed by atoms with van der Waals surface area (Å²) in [6, 6.07) is 16.9. The summed E-state index contributed by atoms with van der Waals surface area (Å²) in [6.45, 7) is 7.31.